The van der Waals surface area contributed by atoms with Crippen molar-refractivity contribution in [1.82, 2.24) is 0 Å². The molecule has 0 aliphatic rings. The van der Waals surface area contributed by atoms with Crippen molar-refractivity contribution >= 4 is 10.1 Å². The van der Waals surface area contributed by atoms with Gasteiger partial charge >= 0.3 is 45.0 Å². The third kappa shape index (κ3) is 4.44. The lowest BCUT2D eigenvalue weighted by atomic mass is 9.95. The highest BCUT2D eigenvalue weighted by atomic mass is 32.2. The van der Waals surface area contributed by atoms with E-state index in [9.17, 15) is 61.1 Å². The van der Waals surface area contributed by atoms with E-state index < -0.39 is 51.9 Å². The summed E-state index contributed by atoms with van der Waals surface area (Å²) in [6.45, 7) is 2.84. The molecule has 0 atom stereocenters. The quantitative estimate of drug-likeness (QED) is 0.349. The third-order valence-electron chi connectivity index (χ3n) is 2.59. The molecular weight excluding hydrogens is 442 g/mol. The molecule has 0 aromatic carbocycles. The minimum absolute atomic E-state index is 0.583. The Morgan fingerprint density at radius 1 is 0.815 bits per heavy atom. The van der Waals surface area contributed by atoms with Crippen molar-refractivity contribution in [3.63, 3.8) is 0 Å². The highest BCUT2D eigenvalue weighted by molar-refractivity contribution is 7.87. The Labute approximate surface area is 143 Å². The maximum Gasteiger partial charge on any atom is 0.438 e. The molecule has 0 radical (unpaired) electrons. The first-order valence-electron chi connectivity index (χ1n) is 5.96. The van der Waals surface area contributed by atoms with Crippen LogP contribution in [0.3, 0.4) is 0 Å². The van der Waals surface area contributed by atoms with Gasteiger partial charge in [0, 0.05) is 13.5 Å². The van der Waals surface area contributed by atoms with Crippen LogP contribution in [0, 0.1) is 0 Å². The van der Waals surface area contributed by atoms with Crippen molar-refractivity contribution in [2.75, 3.05) is 6.54 Å². The Morgan fingerprint density at radius 3 is 1.26 bits per heavy atom. The Kier molecular flexibility index (Phi) is 7.93. The molecule has 0 spiro atoms. The van der Waals surface area contributed by atoms with Crippen molar-refractivity contribution in [2.45, 2.75) is 41.8 Å². The average Bonchev–Trinajstić information content (AvgIpc) is 2.44. The van der Waals surface area contributed by atoms with Gasteiger partial charge in [-0.15, -0.1) is 6.58 Å². The van der Waals surface area contributed by atoms with E-state index in [1.54, 1.807) is 6.08 Å². The van der Waals surface area contributed by atoms with Crippen LogP contribution in [0.5, 0.6) is 0 Å². The molecule has 0 aliphatic heterocycles. The summed E-state index contributed by atoms with van der Waals surface area (Å²) in [6.07, 6.45) is 1.65. The zero-order chi connectivity index (χ0) is 22.9. The topological polar surface area (TPSA) is 80.4 Å². The van der Waals surface area contributed by atoms with E-state index in [1.807, 2.05) is 0 Å². The van der Waals surface area contributed by atoms with E-state index in [0.29, 0.717) is 6.54 Å². The number of alkyl halides is 12. The fourth-order valence-corrected chi connectivity index (χ4v) is 1.47. The van der Waals surface area contributed by atoms with Crippen molar-refractivity contribution in [1.29, 1.82) is 0 Å². The molecule has 0 saturated heterocycles. The fourth-order valence-electron chi connectivity index (χ4n) is 1.01. The molecule has 0 fully saturated rings. The number of rotatable bonds is 7. The van der Waals surface area contributed by atoms with Gasteiger partial charge in [0.15, 0.2) is 0 Å². The SMILES string of the molecule is C=CCN.CC(F)(F)C(F)(F)C(F)(F)C(F)(F)C(F)(F)C(F)(F)S(=O)(=O)O. The first-order valence-corrected chi connectivity index (χ1v) is 7.40. The van der Waals surface area contributed by atoms with Gasteiger partial charge in [-0.2, -0.15) is 61.1 Å². The molecule has 0 saturated carbocycles. The summed E-state index contributed by atoms with van der Waals surface area (Å²) in [5.41, 5.74) is 4.91. The van der Waals surface area contributed by atoms with Gasteiger partial charge in [-0.1, -0.05) is 6.08 Å². The lowest BCUT2D eigenvalue weighted by Gasteiger charge is -2.39. The number of nitrogens with two attached hydrogens (primary N) is 1. The molecule has 0 bridgehead atoms. The van der Waals surface area contributed by atoms with Gasteiger partial charge in [0.05, 0.1) is 0 Å². The van der Waals surface area contributed by atoms with E-state index in [-0.39, 0.29) is 0 Å². The zero-order valence-corrected chi connectivity index (χ0v) is 13.6. The van der Waals surface area contributed by atoms with Crippen molar-refractivity contribution in [2.24, 2.45) is 5.73 Å². The van der Waals surface area contributed by atoms with Crippen LogP contribution >= 0.6 is 0 Å². The van der Waals surface area contributed by atoms with E-state index in [2.05, 4.69) is 6.58 Å². The predicted octanol–water partition coefficient (Wildman–Crippen LogP) is 3.79. The largest absolute Gasteiger partial charge is 0.438 e. The Balaban J connectivity index is 0. The Morgan fingerprint density at radius 2 is 1.07 bits per heavy atom. The van der Waals surface area contributed by atoms with E-state index in [1.165, 1.54) is 0 Å². The fraction of sp³-hybridized carbons (Fsp3) is 0.800. The van der Waals surface area contributed by atoms with Crippen LogP contribution in [-0.2, 0) is 10.1 Å². The van der Waals surface area contributed by atoms with Gasteiger partial charge in [-0.05, 0) is 0 Å². The van der Waals surface area contributed by atoms with Gasteiger partial charge in [0.2, 0.25) is 0 Å². The molecule has 0 aromatic heterocycles. The molecule has 4 nitrogen and oxygen atoms in total. The molecule has 27 heavy (non-hydrogen) atoms. The van der Waals surface area contributed by atoms with Crippen molar-refractivity contribution in [3.8, 4) is 0 Å². The lowest BCUT2D eigenvalue weighted by Crippen LogP contribution is -2.71. The minimum atomic E-state index is -8.01. The monoisotopic (exact) mass is 453 g/mol. The number of hydrogen-bond donors (Lipinski definition) is 2. The van der Waals surface area contributed by atoms with Gasteiger partial charge < -0.3 is 5.73 Å². The average molecular weight is 453 g/mol. The van der Waals surface area contributed by atoms with Crippen LogP contribution < -0.4 is 5.73 Å². The second kappa shape index (κ2) is 7.65. The third-order valence-corrected chi connectivity index (χ3v) is 3.49. The lowest BCUT2D eigenvalue weighted by molar-refractivity contribution is -0.414. The highest BCUT2D eigenvalue weighted by Crippen LogP contribution is 2.60. The second-order valence-corrected chi connectivity index (χ2v) is 6.17. The molecule has 0 unspecified atom stereocenters. The molecule has 0 amide bonds. The van der Waals surface area contributed by atoms with Crippen molar-refractivity contribution < 1.29 is 65.7 Å². The summed E-state index contributed by atoms with van der Waals surface area (Å²) in [7, 11) is -7.51. The Hall–Kier alpha value is -1.23. The summed E-state index contributed by atoms with van der Waals surface area (Å²) in [4.78, 5) is 0. The van der Waals surface area contributed by atoms with Crippen molar-refractivity contribution in [3.05, 3.63) is 12.7 Å². The highest BCUT2D eigenvalue weighted by Gasteiger charge is 2.91. The smallest absolute Gasteiger partial charge is 0.327 e. The van der Waals surface area contributed by atoms with Crippen LogP contribution in [0.15, 0.2) is 12.7 Å². The van der Waals surface area contributed by atoms with Crippen LogP contribution in [0.2, 0.25) is 0 Å². The molecule has 17 heteroatoms. The molecule has 0 aromatic rings. The first-order chi connectivity index (χ1) is 11.4. The number of hydrogen-bond acceptors (Lipinski definition) is 3. The van der Waals surface area contributed by atoms with Gasteiger partial charge in [0.1, 0.15) is 0 Å². The van der Waals surface area contributed by atoms with E-state index in [4.69, 9.17) is 10.3 Å². The molecular formula is C10H11F12NO3S. The molecule has 0 rings (SSSR count). The van der Waals surface area contributed by atoms with E-state index >= 15 is 0 Å². The van der Waals surface area contributed by atoms with Crippen LogP contribution in [0.4, 0.5) is 52.7 Å². The summed E-state index contributed by atoms with van der Waals surface area (Å²) in [5, 5.41) is -7.40. The van der Waals surface area contributed by atoms with E-state index in [0.717, 1.165) is 0 Å². The number of halogens is 12. The summed E-state index contributed by atoms with van der Waals surface area (Å²) in [6, 6.07) is 0. The van der Waals surface area contributed by atoms with Gasteiger partial charge in [-0.25, -0.2) is 0 Å². The first kappa shape index (κ1) is 28.0. The maximum absolute atomic E-state index is 12.9. The van der Waals surface area contributed by atoms with Crippen LogP contribution in [0.1, 0.15) is 6.92 Å². The van der Waals surface area contributed by atoms with Gasteiger partial charge in [-0.3, -0.25) is 4.55 Å². The molecule has 0 heterocycles. The maximum atomic E-state index is 12.9. The standard InChI is InChI=1S/C7H4F12O3S.C3H7N/c1-2(8,9)3(10,11)4(12,13)5(14,15)6(16,17)7(18,19)23(20,21)22;1-2-3-4/h1H3,(H,20,21,22);2H,1,3-4H2. The summed E-state index contributed by atoms with van der Waals surface area (Å²) >= 11 is 0. The minimum Gasteiger partial charge on any atom is -0.327 e. The molecule has 3 N–H and O–H groups in total. The van der Waals surface area contributed by atoms with Crippen LogP contribution in [0.25, 0.3) is 0 Å². The second-order valence-electron chi connectivity index (χ2n) is 4.70. The predicted molar refractivity (Wildman–Crippen MR) is 66.2 cm³/mol. The van der Waals surface area contributed by atoms with Gasteiger partial charge in [0.25, 0.3) is 0 Å². The normalized spacial score (nSPS) is 15.1. The summed E-state index contributed by atoms with van der Waals surface area (Å²) in [5.74, 6) is -37.1. The molecule has 164 valence electrons. The van der Waals surface area contributed by atoms with Crippen LogP contribution in [-0.4, -0.2) is 54.4 Å². The molecule has 0 aliphatic carbocycles. The zero-order valence-electron chi connectivity index (χ0n) is 12.8. The Bertz CT molecular complexity index is 626. The summed E-state index contributed by atoms with van der Waals surface area (Å²) < 4.78 is 180.